The maximum Gasteiger partial charge on any atom is 0.328 e. The lowest BCUT2D eigenvalue weighted by molar-refractivity contribution is -0.148. The number of ether oxygens (including phenoxy) is 2. The number of methoxy groups -OCH3 is 1. The first kappa shape index (κ1) is 16.2. The summed E-state index contributed by atoms with van der Waals surface area (Å²) in [7, 11) is 2.80. The van der Waals surface area contributed by atoms with Gasteiger partial charge in [0.05, 0.1) is 26.2 Å². The Morgan fingerprint density at radius 3 is 2.70 bits per heavy atom. The molecule has 114 valence electrons. The lowest BCUT2D eigenvalue weighted by Crippen LogP contribution is -2.56. The first-order chi connectivity index (χ1) is 9.38. The van der Waals surface area contributed by atoms with Crippen molar-refractivity contribution in [1.82, 2.24) is 9.80 Å². The Balaban J connectivity index is 2.67. The van der Waals surface area contributed by atoms with Crippen molar-refractivity contribution < 1.29 is 29.0 Å². The molecule has 8 nitrogen and oxygen atoms in total. The Bertz CT molecular complexity index is 386. The van der Waals surface area contributed by atoms with E-state index in [-0.39, 0.29) is 19.7 Å². The maximum atomic E-state index is 12.2. The monoisotopic (exact) mass is 288 g/mol. The van der Waals surface area contributed by atoms with Gasteiger partial charge >= 0.3 is 18.0 Å². The van der Waals surface area contributed by atoms with E-state index < -0.39 is 29.9 Å². The van der Waals surface area contributed by atoms with Crippen molar-refractivity contribution in [2.75, 3.05) is 40.5 Å². The summed E-state index contributed by atoms with van der Waals surface area (Å²) in [6, 6.07) is -1.43. The number of hydrogen-bond acceptors (Lipinski definition) is 5. The van der Waals surface area contributed by atoms with Crippen LogP contribution in [0.25, 0.3) is 0 Å². The van der Waals surface area contributed by atoms with Crippen LogP contribution in [0.3, 0.4) is 0 Å². The number of carboxylic acid groups (broad SMARTS) is 1. The first-order valence-electron chi connectivity index (χ1n) is 6.28. The molecule has 0 bridgehead atoms. The molecule has 1 heterocycles. The fourth-order valence-electron chi connectivity index (χ4n) is 2.02. The van der Waals surface area contributed by atoms with Gasteiger partial charge in [0.15, 0.2) is 6.04 Å². The molecule has 0 aliphatic carbocycles. The van der Waals surface area contributed by atoms with E-state index in [4.69, 9.17) is 9.84 Å². The number of esters is 1. The first-order valence-corrected chi connectivity index (χ1v) is 6.28. The molecule has 8 heteroatoms. The zero-order valence-corrected chi connectivity index (χ0v) is 11.9. The summed E-state index contributed by atoms with van der Waals surface area (Å²) in [5.74, 6) is -1.99. The predicted molar refractivity (Wildman–Crippen MR) is 68.2 cm³/mol. The summed E-state index contributed by atoms with van der Waals surface area (Å²) < 4.78 is 9.67. The van der Waals surface area contributed by atoms with Crippen molar-refractivity contribution in [2.45, 2.75) is 13.0 Å². The van der Waals surface area contributed by atoms with Crippen molar-refractivity contribution in [2.24, 2.45) is 5.92 Å². The molecule has 0 spiro atoms. The van der Waals surface area contributed by atoms with E-state index in [0.29, 0.717) is 6.61 Å². The molecule has 1 aliphatic heterocycles. The molecule has 2 unspecified atom stereocenters. The van der Waals surface area contributed by atoms with Crippen LogP contribution in [-0.4, -0.2) is 79.4 Å². The average molecular weight is 288 g/mol. The second-order valence-electron chi connectivity index (χ2n) is 4.71. The molecule has 1 N–H and O–H groups in total. The van der Waals surface area contributed by atoms with Gasteiger partial charge in [-0.15, -0.1) is 0 Å². The van der Waals surface area contributed by atoms with Gasteiger partial charge in [0, 0.05) is 20.1 Å². The Morgan fingerprint density at radius 2 is 2.15 bits per heavy atom. The Labute approximate surface area is 117 Å². The molecular weight excluding hydrogens is 268 g/mol. The number of nitrogens with zero attached hydrogens (tertiary/aromatic N) is 2. The largest absolute Gasteiger partial charge is 0.480 e. The Kier molecular flexibility index (Phi) is 5.75. The third-order valence-corrected chi connectivity index (χ3v) is 3.14. The van der Waals surface area contributed by atoms with Crippen LogP contribution < -0.4 is 0 Å². The van der Waals surface area contributed by atoms with Gasteiger partial charge < -0.3 is 24.4 Å². The van der Waals surface area contributed by atoms with Crippen molar-refractivity contribution >= 4 is 18.0 Å². The van der Waals surface area contributed by atoms with E-state index in [1.54, 1.807) is 6.92 Å². The lowest BCUT2D eigenvalue weighted by Gasteiger charge is -2.36. The van der Waals surface area contributed by atoms with E-state index in [1.807, 2.05) is 0 Å². The van der Waals surface area contributed by atoms with Crippen molar-refractivity contribution in [3.8, 4) is 0 Å². The highest BCUT2D eigenvalue weighted by Crippen LogP contribution is 2.11. The van der Waals surface area contributed by atoms with E-state index in [9.17, 15) is 14.4 Å². The standard InChI is InChI=1S/C12H20N2O6/c1-8(11(17)19-3)6-13(2)12(18)14-4-5-20-7-9(14)10(15)16/h8-9H,4-7H2,1-3H3,(H,15,16). The van der Waals surface area contributed by atoms with Crippen molar-refractivity contribution in [3.63, 3.8) is 0 Å². The van der Waals surface area contributed by atoms with Crippen LogP contribution >= 0.6 is 0 Å². The summed E-state index contributed by atoms with van der Waals surface area (Å²) in [6.45, 7) is 2.29. The molecular formula is C12H20N2O6. The van der Waals surface area contributed by atoms with E-state index in [2.05, 4.69) is 4.74 Å². The molecule has 0 aromatic rings. The van der Waals surface area contributed by atoms with E-state index >= 15 is 0 Å². The zero-order chi connectivity index (χ0) is 15.3. The van der Waals surface area contributed by atoms with Crippen LogP contribution in [0.4, 0.5) is 4.79 Å². The second-order valence-corrected chi connectivity index (χ2v) is 4.71. The number of morpholine rings is 1. The molecule has 1 saturated heterocycles. The molecule has 0 saturated carbocycles. The second kappa shape index (κ2) is 7.09. The fourth-order valence-corrected chi connectivity index (χ4v) is 2.02. The molecule has 2 amide bonds. The van der Waals surface area contributed by atoms with Crippen LogP contribution in [-0.2, 0) is 19.1 Å². The van der Waals surface area contributed by atoms with Gasteiger partial charge in [0.2, 0.25) is 0 Å². The van der Waals surface area contributed by atoms with E-state index in [0.717, 1.165) is 0 Å². The molecule has 1 fully saturated rings. The Hall–Kier alpha value is -1.83. The van der Waals surface area contributed by atoms with Gasteiger partial charge in [-0.2, -0.15) is 0 Å². The van der Waals surface area contributed by atoms with Crippen LogP contribution in [0.5, 0.6) is 0 Å². The van der Waals surface area contributed by atoms with Crippen LogP contribution in [0, 0.1) is 5.92 Å². The van der Waals surface area contributed by atoms with Crippen LogP contribution in [0.1, 0.15) is 6.92 Å². The quantitative estimate of drug-likeness (QED) is 0.709. The normalized spacial score (nSPS) is 20.1. The summed E-state index contributed by atoms with van der Waals surface area (Å²) in [4.78, 5) is 37.2. The topological polar surface area (TPSA) is 96.4 Å². The maximum absolute atomic E-state index is 12.2. The van der Waals surface area contributed by atoms with Crippen LogP contribution in [0.2, 0.25) is 0 Å². The molecule has 0 aromatic heterocycles. The number of amides is 2. The third-order valence-electron chi connectivity index (χ3n) is 3.14. The zero-order valence-electron chi connectivity index (χ0n) is 11.9. The number of hydrogen-bond donors (Lipinski definition) is 1. The number of urea groups is 1. The summed E-state index contributed by atoms with van der Waals surface area (Å²) >= 11 is 0. The minimum absolute atomic E-state index is 0.0263. The van der Waals surface area contributed by atoms with Gasteiger partial charge in [-0.1, -0.05) is 6.92 Å². The van der Waals surface area contributed by atoms with Crippen molar-refractivity contribution in [3.05, 3.63) is 0 Å². The summed E-state index contributed by atoms with van der Waals surface area (Å²) in [5, 5.41) is 9.08. The number of carbonyl (C=O) groups excluding carboxylic acids is 2. The average Bonchev–Trinajstić information content (AvgIpc) is 2.45. The number of carboxylic acids is 1. The lowest BCUT2D eigenvalue weighted by atomic mass is 10.2. The van der Waals surface area contributed by atoms with E-state index in [1.165, 1.54) is 24.0 Å². The minimum atomic E-state index is -1.10. The number of rotatable bonds is 4. The highest BCUT2D eigenvalue weighted by molar-refractivity contribution is 5.83. The van der Waals surface area contributed by atoms with Gasteiger partial charge in [-0.3, -0.25) is 4.79 Å². The summed E-state index contributed by atoms with van der Waals surface area (Å²) in [6.07, 6.45) is 0. The molecule has 0 radical (unpaired) electrons. The fraction of sp³-hybridized carbons (Fsp3) is 0.750. The van der Waals surface area contributed by atoms with Gasteiger partial charge in [0.1, 0.15) is 0 Å². The highest BCUT2D eigenvalue weighted by atomic mass is 16.5. The van der Waals surface area contributed by atoms with Crippen molar-refractivity contribution in [1.29, 1.82) is 0 Å². The molecule has 0 aromatic carbocycles. The minimum Gasteiger partial charge on any atom is -0.480 e. The van der Waals surface area contributed by atoms with Gasteiger partial charge in [0.25, 0.3) is 0 Å². The van der Waals surface area contributed by atoms with Crippen LogP contribution in [0.15, 0.2) is 0 Å². The molecule has 1 aliphatic rings. The molecule has 2 atom stereocenters. The summed E-state index contributed by atoms with van der Waals surface area (Å²) in [5.41, 5.74) is 0. The van der Waals surface area contributed by atoms with Gasteiger partial charge in [-0.25, -0.2) is 9.59 Å². The molecule has 20 heavy (non-hydrogen) atoms. The Morgan fingerprint density at radius 1 is 1.50 bits per heavy atom. The molecule has 1 rings (SSSR count). The SMILES string of the molecule is COC(=O)C(C)CN(C)C(=O)N1CCOCC1C(=O)O. The smallest absolute Gasteiger partial charge is 0.328 e. The predicted octanol–water partition coefficient (Wildman–Crippen LogP) is -0.367. The number of carbonyl (C=O) groups is 3. The highest BCUT2D eigenvalue weighted by Gasteiger charge is 2.34. The number of aliphatic carboxylic acids is 1. The third kappa shape index (κ3) is 3.83. The van der Waals surface area contributed by atoms with Gasteiger partial charge in [-0.05, 0) is 0 Å².